The molecule has 0 saturated heterocycles. The van der Waals surface area contributed by atoms with Crippen molar-refractivity contribution >= 4 is 18.3 Å². The van der Waals surface area contributed by atoms with E-state index in [1.165, 1.54) is 0 Å². The van der Waals surface area contributed by atoms with Crippen LogP contribution in [0, 0.1) is 5.92 Å². The number of para-hydroxylation sites is 1. The zero-order chi connectivity index (χ0) is 13.7. The number of amides is 1. The van der Waals surface area contributed by atoms with Gasteiger partial charge in [-0.2, -0.15) is 0 Å². The normalized spacial score (nSPS) is 11.7. The van der Waals surface area contributed by atoms with Gasteiger partial charge in [0.1, 0.15) is 5.75 Å². The summed E-state index contributed by atoms with van der Waals surface area (Å²) in [5.74, 6) is 0.879. The van der Waals surface area contributed by atoms with Crippen LogP contribution in [0.3, 0.4) is 0 Å². The minimum absolute atomic E-state index is 0. The molecule has 0 saturated carbocycles. The molecule has 0 heterocycles. The van der Waals surface area contributed by atoms with Crippen molar-refractivity contribution in [1.82, 2.24) is 4.90 Å². The Balaban J connectivity index is 0.00000324. The molecule has 1 atom stereocenters. The Morgan fingerprint density at radius 1 is 1.37 bits per heavy atom. The number of hydrogen-bond acceptors (Lipinski definition) is 3. The molecule has 0 aliphatic rings. The van der Waals surface area contributed by atoms with Gasteiger partial charge in [0.15, 0.2) is 0 Å². The van der Waals surface area contributed by atoms with E-state index in [1.54, 1.807) is 19.1 Å². The van der Waals surface area contributed by atoms with Crippen LogP contribution in [-0.2, 0) is 11.3 Å². The lowest BCUT2D eigenvalue weighted by atomic mass is 10.0. The summed E-state index contributed by atoms with van der Waals surface area (Å²) >= 11 is 0. The maximum atomic E-state index is 12.0. The molecule has 0 unspecified atom stereocenters. The highest BCUT2D eigenvalue weighted by Gasteiger charge is 2.21. The Hall–Kier alpha value is -1.26. The fourth-order valence-electron chi connectivity index (χ4n) is 1.71. The van der Waals surface area contributed by atoms with Crippen LogP contribution in [0.15, 0.2) is 24.3 Å². The van der Waals surface area contributed by atoms with Gasteiger partial charge in [-0.25, -0.2) is 0 Å². The number of likely N-dealkylation sites (N-methyl/N-ethyl adjacent to an activating group) is 1. The summed E-state index contributed by atoms with van der Waals surface area (Å²) in [6, 6.07) is 7.21. The molecule has 1 rings (SSSR count). The van der Waals surface area contributed by atoms with Crippen LogP contribution >= 0.6 is 12.4 Å². The fourth-order valence-corrected chi connectivity index (χ4v) is 1.71. The summed E-state index contributed by atoms with van der Waals surface area (Å²) in [6.07, 6.45) is 0. The molecule has 0 radical (unpaired) electrons. The molecule has 4 nitrogen and oxygen atoms in total. The SMILES string of the molecule is COc1ccccc1CN(C)C(=O)[C@H](N)C(C)C.Cl. The highest BCUT2D eigenvalue weighted by atomic mass is 35.5. The van der Waals surface area contributed by atoms with Gasteiger partial charge in [0.2, 0.25) is 5.91 Å². The molecular formula is C14H23ClN2O2. The van der Waals surface area contributed by atoms with Gasteiger partial charge in [-0.1, -0.05) is 32.0 Å². The molecule has 1 amide bonds. The van der Waals surface area contributed by atoms with E-state index in [2.05, 4.69) is 0 Å². The van der Waals surface area contributed by atoms with Crippen molar-refractivity contribution in [3.05, 3.63) is 29.8 Å². The number of nitrogens with zero attached hydrogens (tertiary/aromatic N) is 1. The zero-order valence-electron chi connectivity index (χ0n) is 11.9. The molecule has 0 fully saturated rings. The average Bonchev–Trinajstić information content (AvgIpc) is 2.37. The van der Waals surface area contributed by atoms with Crippen LogP contribution in [-0.4, -0.2) is 31.0 Å². The minimum Gasteiger partial charge on any atom is -0.496 e. The van der Waals surface area contributed by atoms with E-state index in [-0.39, 0.29) is 24.2 Å². The first-order valence-electron chi connectivity index (χ1n) is 6.09. The van der Waals surface area contributed by atoms with Crippen molar-refractivity contribution in [3.63, 3.8) is 0 Å². The van der Waals surface area contributed by atoms with Gasteiger partial charge in [-0.05, 0) is 12.0 Å². The summed E-state index contributed by atoms with van der Waals surface area (Å²) < 4.78 is 5.26. The number of methoxy groups -OCH3 is 1. The fraction of sp³-hybridized carbons (Fsp3) is 0.500. The van der Waals surface area contributed by atoms with Gasteiger partial charge in [-0.3, -0.25) is 4.79 Å². The number of carbonyl (C=O) groups excluding carboxylic acids is 1. The second-order valence-electron chi connectivity index (χ2n) is 4.78. The quantitative estimate of drug-likeness (QED) is 0.901. The molecule has 108 valence electrons. The number of rotatable bonds is 5. The summed E-state index contributed by atoms with van der Waals surface area (Å²) in [5, 5.41) is 0. The summed E-state index contributed by atoms with van der Waals surface area (Å²) in [7, 11) is 3.39. The molecule has 0 bridgehead atoms. The van der Waals surface area contributed by atoms with E-state index in [1.807, 2.05) is 38.1 Å². The Morgan fingerprint density at radius 2 is 1.95 bits per heavy atom. The van der Waals surface area contributed by atoms with Gasteiger partial charge < -0.3 is 15.4 Å². The maximum absolute atomic E-state index is 12.0. The second-order valence-corrected chi connectivity index (χ2v) is 4.78. The largest absolute Gasteiger partial charge is 0.496 e. The minimum atomic E-state index is -0.454. The highest BCUT2D eigenvalue weighted by Crippen LogP contribution is 2.19. The first-order valence-corrected chi connectivity index (χ1v) is 6.09. The molecular weight excluding hydrogens is 264 g/mol. The van der Waals surface area contributed by atoms with Gasteiger partial charge in [0.05, 0.1) is 13.2 Å². The van der Waals surface area contributed by atoms with Crippen molar-refractivity contribution in [1.29, 1.82) is 0 Å². The maximum Gasteiger partial charge on any atom is 0.239 e. The van der Waals surface area contributed by atoms with Crippen molar-refractivity contribution in [3.8, 4) is 5.75 Å². The van der Waals surface area contributed by atoms with E-state index in [9.17, 15) is 4.79 Å². The molecule has 1 aromatic carbocycles. The zero-order valence-corrected chi connectivity index (χ0v) is 12.7. The van der Waals surface area contributed by atoms with Crippen molar-refractivity contribution < 1.29 is 9.53 Å². The van der Waals surface area contributed by atoms with E-state index >= 15 is 0 Å². The van der Waals surface area contributed by atoms with Gasteiger partial charge in [-0.15, -0.1) is 12.4 Å². The third-order valence-corrected chi connectivity index (χ3v) is 2.98. The molecule has 0 aliphatic carbocycles. The molecule has 0 aliphatic heterocycles. The second kappa shape index (κ2) is 8.02. The summed E-state index contributed by atoms with van der Waals surface area (Å²) in [5.41, 5.74) is 6.84. The van der Waals surface area contributed by atoms with Gasteiger partial charge >= 0.3 is 0 Å². The Bertz CT molecular complexity index is 410. The molecule has 5 heteroatoms. The third kappa shape index (κ3) is 4.73. The van der Waals surface area contributed by atoms with Crippen LogP contribution in [0.2, 0.25) is 0 Å². The predicted octanol–water partition coefficient (Wildman–Crippen LogP) is 2.06. The Morgan fingerprint density at radius 3 is 2.47 bits per heavy atom. The molecule has 1 aromatic rings. The average molecular weight is 287 g/mol. The van der Waals surface area contributed by atoms with Crippen LogP contribution in [0.5, 0.6) is 5.75 Å². The van der Waals surface area contributed by atoms with Crippen LogP contribution in [0.4, 0.5) is 0 Å². The molecule has 0 aromatic heterocycles. The lowest BCUT2D eigenvalue weighted by molar-refractivity contribution is -0.132. The summed E-state index contributed by atoms with van der Waals surface area (Å²) in [4.78, 5) is 13.7. The molecule has 19 heavy (non-hydrogen) atoms. The smallest absolute Gasteiger partial charge is 0.239 e. The van der Waals surface area contributed by atoms with Crippen molar-refractivity contribution in [2.24, 2.45) is 11.7 Å². The third-order valence-electron chi connectivity index (χ3n) is 2.98. The number of hydrogen-bond donors (Lipinski definition) is 1. The molecule has 0 spiro atoms. The molecule has 2 N–H and O–H groups in total. The number of benzene rings is 1. The lowest BCUT2D eigenvalue weighted by Crippen LogP contribution is -2.44. The Kier molecular flexibility index (Phi) is 7.49. The van der Waals surface area contributed by atoms with E-state index in [0.717, 1.165) is 11.3 Å². The van der Waals surface area contributed by atoms with Crippen LogP contribution in [0.1, 0.15) is 19.4 Å². The van der Waals surface area contributed by atoms with Gasteiger partial charge in [0.25, 0.3) is 0 Å². The number of nitrogens with two attached hydrogens (primary N) is 1. The van der Waals surface area contributed by atoms with E-state index in [4.69, 9.17) is 10.5 Å². The first kappa shape index (κ1) is 17.7. The van der Waals surface area contributed by atoms with Gasteiger partial charge in [0, 0.05) is 19.2 Å². The summed E-state index contributed by atoms with van der Waals surface area (Å²) in [6.45, 7) is 4.39. The number of ether oxygens (including phenoxy) is 1. The first-order chi connectivity index (χ1) is 8.47. The Labute approximate surface area is 121 Å². The number of carbonyl (C=O) groups is 1. The van der Waals surface area contributed by atoms with E-state index < -0.39 is 6.04 Å². The monoisotopic (exact) mass is 286 g/mol. The topological polar surface area (TPSA) is 55.6 Å². The van der Waals surface area contributed by atoms with Crippen LogP contribution < -0.4 is 10.5 Å². The standard InChI is InChI=1S/C14H22N2O2.ClH/c1-10(2)13(15)14(17)16(3)9-11-7-5-6-8-12(11)18-4;/h5-8,10,13H,9,15H2,1-4H3;1H/t13-;/m1./s1. The van der Waals surface area contributed by atoms with E-state index in [0.29, 0.717) is 6.54 Å². The lowest BCUT2D eigenvalue weighted by Gasteiger charge is -2.24. The predicted molar refractivity (Wildman–Crippen MR) is 79.5 cm³/mol. The van der Waals surface area contributed by atoms with Crippen molar-refractivity contribution in [2.75, 3.05) is 14.2 Å². The van der Waals surface area contributed by atoms with Crippen LogP contribution in [0.25, 0.3) is 0 Å². The number of halogens is 1. The van der Waals surface area contributed by atoms with Crippen molar-refractivity contribution in [2.45, 2.75) is 26.4 Å². The highest BCUT2D eigenvalue weighted by molar-refractivity contribution is 5.85.